The fourth-order valence-corrected chi connectivity index (χ4v) is 2.36. The lowest BCUT2D eigenvalue weighted by molar-refractivity contribution is 0.244. The highest BCUT2D eigenvalue weighted by atomic mass is 16.2. The van der Waals surface area contributed by atoms with E-state index in [4.69, 9.17) is 5.73 Å². The molecule has 0 aromatic heterocycles. The van der Waals surface area contributed by atoms with Crippen LogP contribution in [0.2, 0.25) is 0 Å². The number of hydrogen-bond donors (Lipinski definition) is 2. The molecule has 0 spiro atoms. The molecule has 4 heteroatoms. The van der Waals surface area contributed by atoms with Crippen molar-refractivity contribution in [1.29, 1.82) is 0 Å². The largest absolute Gasteiger partial charge is 0.386 e. The van der Waals surface area contributed by atoms with Crippen LogP contribution in [0.4, 0.5) is 4.79 Å². The number of aliphatic imine (C=N–C) groups is 1. The molecule has 0 radical (unpaired) electrons. The number of hydrogen-bond acceptors (Lipinski definition) is 2. The summed E-state index contributed by atoms with van der Waals surface area (Å²) in [5.41, 5.74) is 7.19. The molecule has 2 aliphatic carbocycles. The van der Waals surface area contributed by atoms with Gasteiger partial charge in [-0.25, -0.2) is 4.79 Å². The van der Waals surface area contributed by atoms with Gasteiger partial charge in [-0.2, -0.15) is 4.99 Å². The van der Waals surface area contributed by atoms with E-state index in [-0.39, 0.29) is 18.0 Å². The summed E-state index contributed by atoms with van der Waals surface area (Å²) in [6.07, 6.45) is 8.59. The lowest BCUT2D eigenvalue weighted by atomic mass is 9.83. The van der Waals surface area contributed by atoms with Crippen molar-refractivity contribution < 1.29 is 4.79 Å². The summed E-state index contributed by atoms with van der Waals surface area (Å²) in [4.78, 5) is 15.0. The number of nitrogens with zero attached hydrogens (tertiary/aromatic N) is 1. The minimum absolute atomic E-state index is 0.00981. The number of allylic oxidation sites excluding steroid dienone is 2. The van der Waals surface area contributed by atoms with Crippen molar-refractivity contribution in [2.75, 3.05) is 0 Å². The standard InChI is InChI=1S/C11H13N3O/c12-10-9-7(6-4-5-6)2-1-3-8(9)13-11(15)14-10/h1-3,6,8-9H,4-5H2,(H3,12,13,14,15). The SMILES string of the molecule is NC1=NC(=O)NC2C=CC=C(C3CC3)C12. The molecule has 2 amide bonds. The second kappa shape index (κ2) is 2.95. The topological polar surface area (TPSA) is 67.5 Å². The Hall–Kier alpha value is -1.58. The Morgan fingerprint density at radius 1 is 1.47 bits per heavy atom. The van der Waals surface area contributed by atoms with Gasteiger partial charge in [-0.3, -0.25) is 0 Å². The third-order valence-electron chi connectivity index (χ3n) is 3.21. The summed E-state index contributed by atoms with van der Waals surface area (Å²) in [6.45, 7) is 0. The third kappa shape index (κ3) is 1.37. The monoisotopic (exact) mass is 203 g/mol. The zero-order chi connectivity index (χ0) is 10.4. The van der Waals surface area contributed by atoms with Crippen LogP contribution >= 0.6 is 0 Å². The Bertz CT molecular complexity index is 404. The van der Waals surface area contributed by atoms with Crippen LogP contribution in [-0.4, -0.2) is 17.9 Å². The van der Waals surface area contributed by atoms with Gasteiger partial charge in [0.05, 0.1) is 12.0 Å². The van der Waals surface area contributed by atoms with Crippen LogP contribution in [0.3, 0.4) is 0 Å². The molecule has 0 saturated heterocycles. The highest BCUT2D eigenvalue weighted by molar-refractivity contribution is 5.99. The van der Waals surface area contributed by atoms with Gasteiger partial charge < -0.3 is 11.1 Å². The van der Waals surface area contributed by atoms with Gasteiger partial charge in [-0.05, 0) is 18.8 Å². The molecule has 2 unspecified atom stereocenters. The first kappa shape index (κ1) is 8.71. The number of carbonyl (C=O) groups excluding carboxylic acids is 1. The molecule has 1 saturated carbocycles. The van der Waals surface area contributed by atoms with Crippen LogP contribution in [-0.2, 0) is 0 Å². The van der Waals surface area contributed by atoms with Gasteiger partial charge in [0.25, 0.3) is 0 Å². The predicted octanol–water partition coefficient (Wildman–Crippen LogP) is 0.958. The van der Waals surface area contributed by atoms with E-state index in [1.165, 1.54) is 18.4 Å². The third-order valence-corrected chi connectivity index (χ3v) is 3.21. The van der Waals surface area contributed by atoms with Crippen molar-refractivity contribution in [2.24, 2.45) is 22.6 Å². The van der Waals surface area contributed by atoms with Gasteiger partial charge >= 0.3 is 6.03 Å². The summed E-state index contributed by atoms with van der Waals surface area (Å²) in [5, 5.41) is 2.83. The maximum Gasteiger partial charge on any atom is 0.343 e. The van der Waals surface area contributed by atoms with E-state index in [0.29, 0.717) is 11.8 Å². The number of amidine groups is 1. The first-order valence-electron chi connectivity index (χ1n) is 5.28. The predicted molar refractivity (Wildman–Crippen MR) is 57.4 cm³/mol. The first-order chi connectivity index (χ1) is 7.25. The summed E-state index contributed by atoms with van der Waals surface area (Å²) in [6, 6.07) is -0.314. The van der Waals surface area contributed by atoms with E-state index in [2.05, 4.69) is 16.4 Å². The molecule has 1 aliphatic heterocycles. The molecule has 3 aliphatic rings. The van der Waals surface area contributed by atoms with Crippen molar-refractivity contribution in [2.45, 2.75) is 18.9 Å². The van der Waals surface area contributed by atoms with E-state index in [0.717, 1.165) is 0 Å². The Kier molecular flexibility index (Phi) is 1.71. The van der Waals surface area contributed by atoms with Gasteiger partial charge in [0.1, 0.15) is 5.84 Å². The molecule has 0 aromatic rings. The van der Waals surface area contributed by atoms with Crippen LogP contribution in [0.25, 0.3) is 0 Å². The number of carbonyl (C=O) groups is 1. The van der Waals surface area contributed by atoms with Crippen molar-refractivity contribution in [3.05, 3.63) is 23.8 Å². The number of fused-ring (bicyclic) bond motifs is 1. The highest BCUT2D eigenvalue weighted by Crippen LogP contribution is 2.43. The molecule has 2 atom stereocenters. The van der Waals surface area contributed by atoms with Crippen molar-refractivity contribution in [3.8, 4) is 0 Å². The molecular weight excluding hydrogens is 190 g/mol. The zero-order valence-electron chi connectivity index (χ0n) is 8.31. The van der Waals surface area contributed by atoms with E-state index >= 15 is 0 Å². The molecule has 78 valence electrons. The zero-order valence-corrected chi connectivity index (χ0v) is 8.31. The summed E-state index contributed by atoms with van der Waals surface area (Å²) >= 11 is 0. The first-order valence-corrected chi connectivity index (χ1v) is 5.28. The average Bonchev–Trinajstić information content (AvgIpc) is 2.99. The van der Waals surface area contributed by atoms with Crippen LogP contribution in [0.5, 0.6) is 0 Å². The second-order valence-corrected chi connectivity index (χ2v) is 4.32. The van der Waals surface area contributed by atoms with Crippen LogP contribution < -0.4 is 11.1 Å². The van der Waals surface area contributed by atoms with Crippen molar-refractivity contribution >= 4 is 11.9 Å². The minimum atomic E-state index is -0.324. The fraction of sp³-hybridized carbons (Fsp3) is 0.455. The molecule has 3 N–H and O–H groups in total. The normalized spacial score (nSPS) is 34.0. The van der Waals surface area contributed by atoms with Gasteiger partial charge in [0.2, 0.25) is 0 Å². The smallest absolute Gasteiger partial charge is 0.343 e. The number of nitrogens with one attached hydrogen (secondary N) is 1. The quantitative estimate of drug-likeness (QED) is 0.666. The highest BCUT2D eigenvalue weighted by Gasteiger charge is 2.39. The second-order valence-electron chi connectivity index (χ2n) is 4.32. The van der Waals surface area contributed by atoms with E-state index < -0.39 is 0 Å². The molecule has 1 heterocycles. The maximum absolute atomic E-state index is 11.2. The molecule has 4 nitrogen and oxygen atoms in total. The number of rotatable bonds is 1. The Labute approximate surface area is 87.9 Å². The molecule has 15 heavy (non-hydrogen) atoms. The van der Waals surface area contributed by atoms with Crippen LogP contribution in [0.1, 0.15) is 12.8 Å². The fourth-order valence-electron chi connectivity index (χ4n) is 2.36. The number of nitrogens with two attached hydrogens (primary N) is 1. The lowest BCUT2D eigenvalue weighted by Crippen LogP contribution is -2.50. The molecule has 1 fully saturated rings. The summed E-state index contributed by atoms with van der Waals surface area (Å²) in [5.74, 6) is 1.22. The Morgan fingerprint density at radius 3 is 3.00 bits per heavy atom. The molecule has 0 aromatic carbocycles. The molecule has 3 rings (SSSR count). The van der Waals surface area contributed by atoms with Crippen LogP contribution in [0.15, 0.2) is 28.8 Å². The minimum Gasteiger partial charge on any atom is -0.386 e. The van der Waals surface area contributed by atoms with Gasteiger partial charge in [-0.15, -0.1) is 0 Å². The van der Waals surface area contributed by atoms with E-state index in [1.807, 2.05) is 12.2 Å². The Morgan fingerprint density at radius 2 is 2.27 bits per heavy atom. The summed E-state index contributed by atoms with van der Waals surface area (Å²) in [7, 11) is 0. The Balaban J connectivity index is 1.98. The van der Waals surface area contributed by atoms with Crippen LogP contribution in [0, 0.1) is 11.8 Å². The van der Waals surface area contributed by atoms with Gasteiger partial charge in [-0.1, -0.05) is 23.8 Å². The molecule has 0 bridgehead atoms. The van der Waals surface area contributed by atoms with E-state index in [9.17, 15) is 4.79 Å². The lowest BCUT2D eigenvalue weighted by Gasteiger charge is -2.32. The van der Waals surface area contributed by atoms with Gasteiger partial charge in [0, 0.05) is 0 Å². The van der Waals surface area contributed by atoms with Crippen molar-refractivity contribution in [3.63, 3.8) is 0 Å². The number of urea groups is 1. The maximum atomic E-state index is 11.2. The summed E-state index contributed by atoms with van der Waals surface area (Å²) < 4.78 is 0. The average molecular weight is 203 g/mol. The molecular formula is C11H13N3O. The van der Waals surface area contributed by atoms with Crippen molar-refractivity contribution in [1.82, 2.24) is 5.32 Å². The van der Waals surface area contributed by atoms with E-state index in [1.54, 1.807) is 0 Å². The van der Waals surface area contributed by atoms with Gasteiger partial charge in [0.15, 0.2) is 0 Å². The number of amides is 2.